The van der Waals surface area contributed by atoms with Crippen molar-refractivity contribution in [1.82, 2.24) is 4.90 Å². The van der Waals surface area contributed by atoms with Crippen molar-refractivity contribution in [1.29, 1.82) is 0 Å². The number of rotatable bonds is 2. The quantitative estimate of drug-likeness (QED) is 0.784. The second kappa shape index (κ2) is 6.21. The number of benzene rings is 2. The van der Waals surface area contributed by atoms with Gasteiger partial charge in [-0.1, -0.05) is 54.6 Å². The summed E-state index contributed by atoms with van der Waals surface area (Å²) in [6.45, 7) is 4.88. The Balaban J connectivity index is 0.00000132. The summed E-state index contributed by atoms with van der Waals surface area (Å²) in [6.07, 6.45) is 2.65. The van der Waals surface area contributed by atoms with Crippen LogP contribution < -0.4 is 0 Å². The summed E-state index contributed by atoms with van der Waals surface area (Å²) >= 11 is 0. The van der Waals surface area contributed by atoms with E-state index in [2.05, 4.69) is 66.0 Å². The molecule has 3 saturated heterocycles. The SMILES string of the molecule is Cl.[CH]1[C](c2ccc(-c3ccccc3)cc2)C2CCN1CC2. The Morgan fingerprint density at radius 3 is 1.86 bits per heavy atom. The van der Waals surface area contributed by atoms with E-state index in [1.165, 1.54) is 42.6 Å². The Morgan fingerprint density at radius 2 is 1.29 bits per heavy atom. The zero-order chi connectivity index (χ0) is 13.4. The summed E-state index contributed by atoms with van der Waals surface area (Å²) in [7, 11) is 0. The molecule has 0 saturated carbocycles. The first-order valence-corrected chi connectivity index (χ1v) is 7.52. The zero-order valence-corrected chi connectivity index (χ0v) is 12.9. The van der Waals surface area contributed by atoms with Crippen LogP contribution in [0.5, 0.6) is 0 Å². The molecule has 1 nitrogen and oxygen atoms in total. The van der Waals surface area contributed by atoms with Gasteiger partial charge in [0, 0.05) is 12.5 Å². The van der Waals surface area contributed by atoms with E-state index in [0.717, 1.165) is 5.92 Å². The fourth-order valence-corrected chi connectivity index (χ4v) is 3.44. The third kappa shape index (κ3) is 2.86. The highest BCUT2D eigenvalue weighted by Crippen LogP contribution is 2.40. The summed E-state index contributed by atoms with van der Waals surface area (Å²) in [5.41, 5.74) is 4.00. The van der Waals surface area contributed by atoms with Gasteiger partial charge in [-0.3, -0.25) is 4.90 Å². The van der Waals surface area contributed by atoms with E-state index in [0.29, 0.717) is 0 Å². The molecule has 0 N–H and O–H groups in total. The first-order valence-electron chi connectivity index (χ1n) is 7.52. The fraction of sp³-hybridized carbons (Fsp3) is 0.263. The predicted molar refractivity (Wildman–Crippen MR) is 90.1 cm³/mol. The summed E-state index contributed by atoms with van der Waals surface area (Å²) < 4.78 is 0. The second-order valence-corrected chi connectivity index (χ2v) is 5.84. The van der Waals surface area contributed by atoms with Gasteiger partial charge in [-0.05, 0) is 48.5 Å². The van der Waals surface area contributed by atoms with Crippen LogP contribution in [-0.2, 0) is 0 Å². The second-order valence-electron chi connectivity index (χ2n) is 5.84. The molecular weight excluding hydrogens is 278 g/mol. The maximum Gasteiger partial charge on any atom is 0.0369 e. The van der Waals surface area contributed by atoms with E-state index >= 15 is 0 Å². The van der Waals surface area contributed by atoms with Crippen LogP contribution in [-0.4, -0.2) is 18.0 Å². The first-order chi connectivity index (χ1) is 9.90. The monoisotopic (exact) mass is 297 g/mol. The molecule has 0 aromatic heterocycles. The average molecular weight is 298 g/mol. The van der Waals surface area contributed by atoms with Crippen molar-refractivity contribution in [3.63, 3.8) is 0 Å². The van der Waals surface area contributed by atoms with Gasteiger partial charge in [-0.25, -0.2) is 0 Å². The summed E-state index contributed by atoms with van der Waals surface area (Å²) in [5, 5.41) is 0. The Labute approximate surface area is 133 Å². The molecule has 108 valence electrons. The Hall–Kier alpha value is -1.31. The van der Waals surface area contributed by atoms with Crippen LogP contribution in [0.1, 0.15) is 18.4 Å². The van der Waals surface area contributed by atoms with Crippen LogP contribution in [0.2, 0.25) is 0 Å². The largest absolute Gasteiger partial charge is 0.298 e. The molecule has 2 bridgehead atoms. The van der Waals surface area contributed by atoms with Crippen LogP contribution in [0.15, 0.2) is 54.6 Å². The molecule has 3 aliphatic heterocycles. The maximum absolute atomic E-state index is 2.47. The highest BCUT2D eigenvalue weighted by atomic mass is 35.5. The fourth-order valence-electron chi connectivity index (χ4n) is 3.44. The van der Waals surface area contributed by atoms with Gasteiger partial charge < -0.3 is 0 Å². The Kier molecular flexibility index (Phi) is 4.32. The van der Waals surface area contributed by atoms with Crippen molar-refractivity contribution in [2.45, 2.75) is 12.8 Å². The lowest BCUT2D eigenvalue weighted by Gasteiger charge is -2.44. The smallest absolute Gasteiger partial charge is 0.0369 e. The molecule has 2 aromatic rings. The van der Waals surface area contributed by atoms with Crippen LogP contribution in [0.3, 0.4) is 0 Å². The third-order valence-electron chi connectivity index (χ3n) is 4.62. The highest BCUT2D eigenvalue weighted by Gasteiger charge is 2.35. The molecule has 0 atom stereocenters. The summed E-state index contributed by atoms with van der Waals surface area (Å²) in [4.78, 5) is 2.47. The molecule has 0 amide bonds. The molecular formula is C19H20ClN. The minimum atomic E-state index is 0. The van der Waals surface area contributed by atoms with Gasteiger partial charge in [0.15, 0.2) is 0 Å². The van der Waals surface area contributed by atoms with Gasteiger partial charge in [-0.2, -0.15) is 0 Å². The average Bonchev–Trinajstić information content (AvgIpc) is 2.57. The lowest BCUT2D eigenvalue weighted by atomic mass is 9.75. The van der Waals surface area contributed by atoms with E-state index in [4.69, 9.17) is 0 Å². The third-order valence-corrected chi connectivity index (χ3v) is 4.62. The van der Waals surface area contributed by atoms with Gasteiger partial charge in [-0.15, -0.1) is 12.4 Å². The number of nitrogens with zero attached hydrogens (tertiary/aromatic N) is 1. The van der Waals surface area contributed by atoms with Crippen LogP contribution in [0, 0.1) is 18.4 Å². The van der Waals surface area contributed by atoms with Crippen molar-refractivity contribution >= 4 is 12.4 Å². The van der Waals surface area contributed by atoms with Crippen molar-refractivity contribution < 1.29 is 0 Å². The van der Waals surface area contributed by atoms with Crippen LogP contribution in [0.4, 0.5) is 0 Å². The molecule has 0 unspecified atom stereocenters. The minimum absolute atomic E-state index is 0. The van der Waals surface area contributed by atoms with Crippen molar-refractivity contribution in [3.8, 4) is 11.1 Å². The van der Waals surface area contributed by atoms with Gasteiger partial charge in [0.05, 0.1) is 0 Å². The van der Waals surface area contributed by atoms with Gasteiger partial charge in [0.25, 0.3) is 0 Å². The molecule has 0 spiro atoms. The highest BCUT2D eigenvalue weighted by molar-refractivity contribution is 5.85. The molecule has 2 heteroatoms. The van der Waals surface area contributed by atoms with Gasteiger partial charge in [0.2, 0.25) is 0 Å². The minimum Gasteiger partial charge on any atom is -0.298 e. The van der Waals surface area contributed by atoms with E-state index in [1.807, 2.05) is 0 Å². The van der Waals surface area contributed by atoms with Crippen molar-refractivity contribution in [3.05, 3.63) is 72.6 Å². The number of hydrogen-bond acceptors (Lipinski definition) is 1. The van der Waals surface area contributed by atoms with Crippen molar-refractivity contribution in [2.24, 2.45) is 5.92 Å². The predicted octanol–water partition coefficient (Wildman–Crippen LogP) is 4.59. The number of halogens is 1. The molecule has 21 heavy (non-hydrogen) atoms. The Morgan fingerprint density at radius 1 is 0.714 bits per heavy atom. The van der Waals surface area contributed by atoms with E-state index < -0.39 is 0 Å². The summed E-state index contributed by atoms with van der Waals surface area (Å²) in [6, 6.07) is 19.7. The molecule has 3 aliphatic rings. The zero-order valence-electron chi connectivity index (χ0n) is 12.0. The number of hydrogen-bond donors (Lipinski definition) is 0. The lowest BCUT2D eigenvalue weighted by Crippen LogP contribution is -2.43. The van der Waals surface area contributed by atoms with Gasteiger partial charge in [0.1, 0.15) is 0 Å². The normalized spacial score (nSPS) is 24.6. The topological polar surface area (TPSA) is 3.24 Å². The maximum atomic E-state index is 2.47. The molecule has 0 aliphatic carbocycles. The number of piperidine rings is 3. The molecule has 2 radical (unpaired) electrons. The molecule has 3 heterocycles. The van der Waals surface area contributed by atoms with E-state index in [-0.39, 0.29) is 12.4 Å². The first kappa shape index (κ1) is 14.6. The molecule has 5 rings (SSSR count). The van der Waals surface area contributed by atoms with E-state index in [9.17, 15) is 0 Å². The Bertz CT molecular complexity index is 570. The summed E-state index contributed by atoms with van der Waals surface area (Å²) in [5.74, 6) is 2.32. The molecule has 3 fully saturated rings. The lowest BCUT2D eigenvalue weighted by molar-refractivity contribution is 0.179. The van der Waals surface area contributed by atoms with Crippen LogP contribution >= 0.6 is 12.4 Å². The van der Waals surface area contributed by atoms with Crippen molar-refractivity contribution in [2.75, 3.05) is 13.1 Å². The van der Waals surface area contributed by atoms with Crippen LogP contribution in [0.25, 0.3) is 11.1 Å². The molecule has 2 aromatic carbocycles. The number of fused-ring (bicyclic) bond motifs is 3. The van der Waals surface area contributed by atoms with E-state index in [1.54, 1.807) is 5.92 Å². The van der Waals surface area contributed by atoms with Gasteiger partial charge >= 0.3 is 0 Å². The standard InChI is InChI=1S/C19H19N.ClH/c1-2-4-15(5-3-1)16-6-8-17(9-7-16)19-14-20-12-10-18(19)11-13-20;/h1-9,14,18H,10-13H2;1H.